The molecule has 0 saturated carbocycles. The van der Waals surface area contributed by atoms with Gasteiger partial charge in [-0.15, -0.1) is 11.3 Å². The number of pyridine rings is 1. The lowest BCUT2D eigenvalue weighted by Crippen LogP contribution is -2.13. The number of anilines is 2. The van der Waals surface area contributed by atoms with Crippen molar-refractivity contribution in [2.75, 3.05) is 10.6 Å². The number of aryl methyl sites for hydroxylation is 2. The Labute approximate surface area is 173 Å². The summed E-state index contributed by atoms with van der Waals surface area (Å²) in [6, 6.07) is 11.5. The van der Waals surface area contributed by atoms with Gasteiger partial charge in [0.2, 0.25) is 0 Å². The molecule has 0 radical (unpaired) electrons. The molecule has 0 fully saturated rings. The van der Waals surface area contributed by atoms with Gasteiger partial charge in [-0.3, -0.25) is 9.78 Å². The molecular formula is C22H21N5OS. The van der Waals surface area contributed by atoms with Crippen LogP contribution in [0.5, 0.6) is 0 Å². The quantitative estimate of drug-likeness (QED) is 0.483. The monoisotopic (exact) mass is 403 g/mol. The van der Waals surface area contributed by atoms with Crippen molar-refractivity contribution in [1.82, 2.24) is 15.0 Å². The zero-order valence-corrected chi connectivity index (χ0v) is 17.2. The van der Waals surface area contributed by atoms with Crippen molar-refractivity contribution >= 4 is 39.1 Å². The number of nitrogens with one attached hydrogen (secondary N) is 2. The minimum absolute atomic E-state index is 0.00301. The van der Waals surface area contributed by atoms with Gasteiger partial charge in [0.25, 0.3) is 5.91 Å². The van der Waals surface area contributed by atoms with Gasteiger partial charge in [-0.25, -0.2) is 9.97 Å². The topological polar surface area (TPSA) is 79.8 Å². The van der Waals surface area contributed by atoms with Crippen LogP contribution in [0.2, 0.25) is 0 Å². The number of rotatable bonds is 5. The highest BCUT2D eigenvalue weighted by Crippen LogP contribution is 2.26. The van der Waals surface area contributed by atoms with Crippen LogP contribution in [0.15, 0.2) is 55.0 Å². The molecule has 3 aromatic heterocycles. The van der Waals surface area contributed by atoms with E-state index in [2.05, 4.69) is 45.5 Å². The Morgan fingerprint density at radius 1 is 1.14 bits per heavy atom. The van der Waals surface area contributed by atoms with Crippen LogP contribution in [0, 0.1) is 13.8 Å². The number of hydrogen-bond acceptors (Lipinski definition) is 6. The Morgan fingerprint density at radius 3 is 2.79 bits per heavy atom. The van der Waals surface area contributed by atoms with Gasteiger partial charge in [0.15, 0.2) is 0 Å². The van der Waals surface area contributed by atoms with Crippen LogP contribution >= 0.6 is 11.3 Å². The second kappa shape index (κ2) is 7.97. The summed E-state index contributed by atoms with van der Waals surface area (Å²) in [4.78, 5) is 27.7. The molecule has 0 bridgehead atoms. The van der Waals surface area contributed by atoms with Crippen molar-refractivity contribution in [3.63, 3.8) is 0 Å². The maximum absolute atomic E-state index is 12.4. The molecule has 29 heavy (non-hydrogen) atoms. The van der Waals surface area contributed by atoms with E-state index in [1.807, 2.05) is 25.1 Å². The van der Waals surface area contributed by atoms with E-state index in [1.54, 1.807) is 42.1 Å². The Kier molecular flexibility index (Phi) is 5.22. The molecule has 0 saturated heterocycles. The minimum atomic E-state index is -0.181. The fourth-order valence-corrected chi connectivity index (χ4v) is 3.98. The number of aromatic nitrogens is 3. The molecule has 0 spiro atoms. The van der Waals surface area contributed by atoms with E-state index in [0.29, 0.717) is 5.56 Å². The van der Waals surface area contributed by atoms with Crippen LogP contribution in [-0.4, -0.2) is 20.9 Å². The van der Waals surface area contributed by atoms with Crippen molar-refractivity contribution in [2.24, 2.45) is 0 Å². The van der Waals surface area contributed by atoms with Crippen molar-refractivity contribution in [1.29, 1.82) is 0 Å². The summed E-state index contributed by atoms with van der Waals surface area (Å²) in [5.74, 6) is 0.550. The Morgan fingerprint density at radius 2 is 2.00 bits per heavy atom. The molecule has 3 heterocycles. The van der Waals surface area contributed by atoms with Gasteiger partial charge in [0, 0.05) is 23.0 Å². The average molecular weight is 404 g/mol. The van der Waals surface area contributed by atoms with Gasteiger partial charge >= 0.3 is 0 Å². The lowest BCUT2D eigenvalue weighted by Gasteiger charge is -2.17. The Balaban J connectivity index is 1.53. The van der Waals surface area contributed by atoms with Crippen LogP contribution in [0.25, 0.3) is 10.3 Å². The summed E-state index contributed by atoms with van der Waals surface area (Å²) in [7, 11) is 0. The van der Waals surface area contributed by atoms with E-state index < -0.39 is 0 Å². The Hall–Kier alpha value is -3.32. The van der Waals surface area contributed by atoms with Gasteiger partial charge in [0.1, 0.15) is 16.2 Å². The van der Waals surface area contributed by atoms with Crippen LogP contribution < -0.4 is 10.6 Å². The zero-order chi connectivity index (χ0) is 20.4. The summed E-state index contributed by atoms with van der Waals surface area (Å²) in [5.41, 5.74) is 4.31. The van der Waals surface area contributed by atoms with E-state index >= 15 is 0 Å². The van der Waals surface area contributed by atoms with Crippen LogP contribution in [0.3, 0.4) is 0 Å². The molecule has 0 aliphatic carbocycles. The summed E-state index contributed by atoms with van der Waals surface area (Å²) in [5, 5.41) is 6.36. The summed E-state index contributed by atoms with van der Waals surface area (Å²) in [6.45, 7) is 6.13. The SMILES string of the molecule is Cc1cc(NC(=O)c2cccnc2)cc([C@H](C)Nc2cnc3cc(C)sc3n2)c1. The molecular weight excluding hydrogens is 382 g/mol. The van der Waals surface area contributed by atoms with E-state index in [-0.39, 0.29) is 11.9 Å². The van der Waals surface area contributed by atoms with E-state index in [1.165, 1.54) is 4.88 Å². The van der Waals surface area contributed by atoms with Crippen LogP contribution in [0.4, 0.5) is 11.5 Å². The second-order valence-electron chi connectivity index (χ2n) is 7.00. The fraction of sp³-hybridized carbons (Fsp3) is 0.182. The number of amides is 1. The van der Waals surface area contributed by atoms with Gasteiger partial charge < -0.3 is 10.6 Å². The number of hydrogen-bond donors (Lipinski definition) is 2. The number of benzene rings is 1. The van der Waals surface area contributed by atoms with Crippen LogP contribution in [-0.2, 0) is 0 Å². The maximum Gasteiger partial charge on any atom is 0.257 e. The summed E-state index contributed by atoms with van der Waals surface area (Å²) < 4.78 is 0. The van der Waals surface area contributed by atoms with Gasteiger partial charge in [-0.2, -0.15) is 0 Å². The van der Waals surface area contributed by atoms with Crippen molar-refractivity contribution in [3.05, 3.63) is 76.6 Å². The van der Waals surface area contributed by atoms with E-state index in [4.69, 9.17) is 0 Å². The molecule has 1 amide bonds. The highest BCUT2D eigenvalue weighted by atomic mass is 32.1. The summed E-state index contributed by atoms with van der Waals surface area (Å²) >= 11 is 1.63. The van der Waals surface area contributed by atoms with Crippen molar-refractivity contribution in [2.45, 2.75) is 26.8 Å². The standard InChI is InChI=1S/C22H21N5OS/c1-13-7-17(10-18(8-13)26-21(28)16-5-4-6-23-11-16)15(3)25-20-12-24-19-9-14(2)29-22(19)27-20/h4-12,15H,1-3H3,(H,25,27)(H,26,28)/t15-/m0/s1. The normalized spacial score (nSPS) is 12.0. The smallest absolute Gasteiger partial charge is 0.257 e. The third-order valence-electron chi connectivity index (χ3n) is 4.51. The first kappa shape index (κ1) is 19.0. The zero-order valence-electron chi connectivity index (χ0n) is 16.4. The highest BCUT2D eigenvalue weighted by molar-refractivity contribution is 7.18. The maximum atomic E-state index is 12.4. The molecule has 0 aliphatic rings. The molecule has 1 atom stereocenters. The number of nitrogens with zero attached hydrogens (tertiary/aromatic N) is 3. The number of carbonyl (C=O) groups excluding carboxylic acids is 1. The second-order valence-corrected chi connectivity index (χ2v) is 8.23. The van der Waals surface area contributed by atoms with E-state index in [9.17, 15) is 4.79 Å². The third-order valence-corrected chi connectivity index (χ3v) is 5.44. The third kappa shape index (κ3) is 4.41. The fourth-order valence-electron chi connectivity index (χ4n) is 3.14. The van der Waals surface area contributed by atoms with Gasteiger partial charge in [-0.05, 0) is 62.2 Å². The van der Waals surface area contributed by atoms with Gasteiger partial charge in [0.05, 0.1) is 17.8 Å². The predicted octanol–water partition coefficient (Wildman–Crippen LogP) is 5.13. The summed E-state index contributed by atoms with van der Waals surface area (Å²) in [6.07, 6.45) is 4.95. The minimum Gasteiger partial charge on any atom is -0.362 e. The molecule has 7 heteroatoms. The van der Waals surface area contributed by atoms with Crippen LogP contribution in [0.1, 0.15) is 39.3 Å². The predicted molar refractivity (Wildman–Crippen MR) is 118 cm³/mol. The molecule has 6 nitrogen and oxygen atoms in total. The molecule has 2 N–H and O–H groups in total. The lowest BCUT2D eigenvalue weighted by molar-refractivity contribution is 0.102. The van der Waals surface area contributed by atoms with Crippen molar-refractivity contribution in [3.8, 4) is 0 Å². The first-order valence-electron chi connectivity index (χ1n) is 9.30. The lowest BCUT2D eigenvalue weighted by atomic mass is 10.0. The first-order valence-corrected chi connectivity index (χ1v) is 10.1. The number of fused-ring (bicyclic) bond motifs is 1. The van der Waals surface area contributed by atoms with E-state index in [0.717, 1.165) is 33.0 Å². The highest BCUT2D eigenvalue weighted by Gasteiger charge is 2.12. The molecule has 4 rings (SSSR count). The molecule has 4 aromatic rings. The number of thiophene rings is 1. The van der Waals surface area contributed by atoms with Crippen molar-refractivity contribution < 1.29 is 4.79 Å². The molecule has 146 valence electrons. The largest absolute Gasteiger partial charge is 0.362 e. The number of carbonyl (C=O) groups is 1. The Bertz CT molecular complexity index is 1170. The molecule has 0 unspecified atom stereocenters. The first-order chi connectivity index (χ1) is 14.0. The average Bonchev–Trinajstić information content (AvgIpc) is 3.07. The molecule has 0 aliphatic heterocycles. The molecule has 1 aromatic carbocycles. The van der Waals surface area contributed by atoms with Gasteiger partial charge in [-0.1, -0.05) is 6.07 Å².